The smallest absolute Gasteiger partial charge is 0.348 e. The van der Waals surface area contributed by atoms with E-state index in [2.05, 4.69) is 15.9 Å². The molecule has 2 aromatic heterocycles. The van der Waals surface area contributed by atoms with Crippen molar-refractivity contribution in [3.05, 3.63) is 21.1 Å². The maximum absolute atomic E-state index is 12.6. The minimum atomic E-state index is -0.542. The highest BCUT2D eigenvalue weighted by atomic mass is 79.9. The van der Waals surface area contributed by atoms with E-state index in [1.165, 1.54) is 43.3 Å². The second-order valence-corrected chi connectivity index (χ2v) is 9.83. The van der Waals surface area contributed by atoms with Crippen molar-refractivity contribution in [3.8, 4) is 0 Å². The lowest BCUT2D eigenvalue weighted by Gasteiger charge is -2.22. The highest BCUT2D eigenvalue weighted by Gasteiger charge is 2.29. The molecule has 1 saturated carbocycles. The summed E-state index contributed by atoms with van der Waals surface area (Å²) in [6.45, 7) is 5.70. The first kappa shape index (κ1) is 20.4. The average Bonchev–Trinajstić information content (AvgIpc) is 3.13. The highest BCUT2D eigenvalue weighted by Crippen LogP contribution is 2.45. The van der Waals surface area contributed by atoms with Crippen molar-refractivity contribution in [2.75, 3.05) is 7.11 Å². The van der Waals surface area contributed by atoms with E-state index in [0.29, 0.717) is 10.8 Å². The van der Waals surface area contributed by atoms with Crippen LogP contribution < -0.4 is 0 Å². The molecule has 0 atom stereocenters. The number of fused-ring (bicyclic) bond motifs is 1. The second-order valence-electron chi connectivity index (χ2n) is 8.03. The molecule has 0 amide bonds. The second kappa shape index (κ2) is 7.95. The summed E-state index contributed by atoms with van der Waals surface area (Å²) in [5.41, 5.74) is 1.56. The van der Waals surface area contributed by atoms with Crippen LogP contribution >= 0.6 is 27.3 Å². The van der Waals surface area contributed by atoms with Crippen LogP contribution in [-0.4, -0.2) is 29.2 Å². The molecule has 5 nitrogen and oxygen atoms in total. The Hall–Kier alpha value is -1.34. The number of thiophene rings is 1. The van der Waals surface area contributed by atoms with E-state index in [0.717, 1.165) is 27.7 Å². The van der Waals surface area contributed by atoms with Crippen LogP contribution in [0.1, 0.15) is 74.0 Å². The Morgan fingerprint density at radius 2 is 1.93 bits per heavy atom. The van der Waals surface area contributed by atoms with Crippen molar-refractivity contribution < 1.29 is 19.1 Å². The Balaban J connectivity index is 2.08. The van der Waals surface area contributed by atoms with Crippen LogP contribution in [0.3, 0.4) is 0 Å². The number of methoxy groups -OCH3 is 1. The van der Waals surface area contributed by atoms with Crippen molar-refractivity contribution in [1.82, 2.24) is 4.57 Å². The summed E-state index contributed by atoms with van der Waals surface area (Å²) in [5, 5.41) is 0. The van der Waals surface area contributed by atoms with Crippen molar-refractivity contribution in [2.24, 2.45) is 0 Å². The van der Waals surface area contributed by atoms with Gasteiger partial charge in [0.25, 0.3) is 0 Å². The predicted octanol–water partition coefficient (Wildman–Crippen LogP) is 5.64. The standard InChI is InChI=1S/C20H26BrNO4S/c1-20(2,3)26-19(24)14-10-13-17(27-14)16(12-8-6-5-7-9-12)18(21)22(13)11-15(23)25-4/h10,12H,5-9,11H2,1-4H3. The molecule has 0 spiro atoms. The van der Waals surface area contributed by atoms with E-state index in [1.807, 2.05) is 31.4 Å². The average molecular weight is 456 g/mol. The summed E-state index contributed by atoms with van der Waals surface area (Å²) in [7, 11) is 1.39. The van der Waals surface area contributed by atoms with Gasteiger partial charge in [0.15, 0.2) is 0 Å². The van der Waals surface area contributed by atoms with Gasteiger partial charge in [-0.05, 0) is 61.5 Å². The Morgan fingerprint density at radius 3 is 2.52 bits per heavy atom. The molecule has 7 heteroatoms. The monoisotopic (exact) mass is 455 g/mol. The number of carbonyl (C=O) groups is 2. The zero-order chi connectivity index (χ0) is 19.8. The maximum Gasteiger partial charge on any atom is 0.348 e. The van der Waals surface area contributed by atoms with E-state index in [4.69, 9.17) is 9.47 Å². The normalized spacial score (nSPS) is 15.9. The van der Waals surface area contributed by atoms with Crippen molar-refractivity contribution in [1.29, 1.82) is 0 Å². The van der Waals surface area contributed by atoms with Gasteiger partial charge in [-0.2, -0.15) is 0 Å². The zero-order valence-electron chi connectivity index (χ0n) is 16.3. The molecule has 3 rings (SSSR count). The maximum atomic E-state index is 12.6. The van der Waals surface area contributed by atoms with Crippen LogP contribution in [0.5, 0.6) is 0 Å². The van der Waals surface area contributed by atoms with Gasteiger partial charge in [-0.15, -0.1) is 11.3 Å². The minimum absolute atomic E-state index is 0.116. The summed E-state index contributed by atoms with van der Waals surface area (Å²) in [6, 6.07) is 1.84. The fourth-order valence-electron chi connectivity index (χ4n) is 3.64. The third kappa shape index (κ3) is 4.40. The van der Waals surface area contributed by atoms with E-state index in [1.54, 1.807) is 0 Å². The molecule has 0 radical (unpaired) electrons. The van der Waals surface area contributed by atoms with Crippen molar-refractivity contribution in [3.63, 3.8) is 0 Å². The molecule has 0 aliphatic heterocycles. The molecule has 2 heterocycles. The molecule has 0 unspecified atom stereocenters. The number of hydrogen-bond acceptors (Lipinski definition) is 5. The first-order valence-electron chi connectivity index (χ1n) is 9.33. The first-order valence-corrected chi connectivity index (χ1v) is 10.9. The molecule has 0 saturated heterocycles. The van der Waals surface area contributed by atoms with Crippen LogP contribution in [-0.2, 0) is 20.8 Å². The van der Waals surface area contributed by atoms with Gasteiger partial charge < -0.3 is 14.0 Å². The number of nitrogens with zero attached hydrogens (tertiary/aromatic N) is 1. The predicted molar refractivity (Wildman–Crippen MR) is 111 cm³/mol. The summed E-state index contributed by atoms with van der Waals surface area (Å²) < 4.78 is 14.3. The lowest BCUT2D eigenvalue weighted by molar-refractivity contribution is -0.141. The lowest BCUT2D eigenvalue weighted by atomic mass is 9.85. The lowest BCUT2D eigenvalue weighted by Crippen LogP contribution is -2.23. The molecular formula is C20H26BrNO4S. The Morgan fingerprint density at radius 1 is 1.26 bits per heavy atom. The number of rotatable bonds is 4. The van der Waals surface area contributed by atoms with Crippen LogP contribution in [0.2, 0.25) is 0 Å². The molecule has 0 aromatic carbocycles. The summed E-state index contributed by atoms with van der Waals surface area (Å²) in [6.07, 6.45) is 5.97. The summed E-state index contributed by atoms with van der Waals surface area (Å²) in [5.74, 6) is -0.188. The van der Waals surface area contributed by atoms with Gasteiger partial charge in [-0.3, -0.25) is 4.79 Å². The highest BCUT2D eigenvalue weighted by molar-refractivity contribution is 9.10. The number of ether oxygens (including phenoxy) is 2. The molecule has 1 fully saturated rings. The molecule has 1 aliphatic rings. The van der Waals surface area contributed by atoms with E-state index >= 15 is 0 Å². The Bertz CT molecular complexity index is 856. The van der Waals surface area contributed by atoms with Crippen LogP contribution in [0.4, 0.5) is 0 Å². The minimum Gasteiger partial charge on any atom is -0.468 e. The zero-order valence-corrected chi connectivity index (χ0v) is 18.7. The molecule has 1 aliphatic carbocycles. The Labute approximate surface area is 172 Å². The van der Waals surface area contributed by atoms with Gasteiger partial charge in [-0.25, -0.2) is 4.79 Å². The largest absolute Gasteiger partial charge is 0.468 e. The van der Waals surface area contributed by atoms with Gasteiger partial charge >= 0.3 is 11.9 Å². The fourth-order valence-corrected chi connectivity index (χ4v) is 5.77. The SMILES string of the molecule is COC(=O)Cn1c(Br)c(C2CCCCC2)c2sc(C(=O)OC(C)(C)C)cc21. The number of esters is 2. The Kier molecular flexibility index (Phi) is 6.01. The van der Waals surface area contributed by atoms with Crippen LogP contribution in [0, 0.1) is 0 Å². The molecule has 0 N–H and O–H groups in total. The van der Waals surface area contributed by atoms with Gasteiger partial charge in [-0.1, -0.05) is 19.3 Å². The molecule has 27 heavy (non-hydrogen) atoms. The number of aromatic nitrogens is 1. The van der Waals surface area contributed by atoms with Crippen LogP contribution in [0.25, 0.3) is 10.2 Å². The summed E-state index contributed by atoms with van der Waals surface area (Å²) in [4.78, 5) is 25.1. The fraction of sp³-hybridized carbons (Fsp3) is 0.600. The van der Waals surface area contributed by atoms with Gasteiger partial charge in [0.05, 0.1) is 21.9 Å². The summed E-state index contributed by atoms with van der Waals surface area (Å²) >= 11 is 5.18. The van der Waals surface area contributed by atoms with E-state index in [-0.39, 0.29) is 18.5 Å². The van der Waals surface area contributed by atoms with Crippen molar-refractivity contribution >= 4 is 49.4 Å². The molecule has 148 valence electrons. The van der Waals surface area contributed by atoms with Gasteiger partial charge in [0, 0.05) is 5.56 Å². The quantitative estimate of drug-likeness (QED) is 0.559. The third-order valence-corrected chi connectivity index (χ3v) is 6.83. The van der Waals surface area contributed by atoms with E-state index < -0.39 is 5.60 Å². The first-order chi connectivity index (χ1) is 12.7. The van der Waals surface area contributed by atoms with E-state index in [9.17, 15) is 9.59 Å². The molecule has 0 bridgehead atoms. The van der Waals surface area contributed by atoms with Crippen LogP contribution in [0.15, 0.2) is 10.7 Å². The van der Waals surface area contributed by atoms with Gasteiger partial charge in [0.2, 0.25) is 0 Å². The van der Waals surface area contributed by atoms with Gasteiger partial charge in [0.1, 0.15) is 17.0 Å². The number of carbonyl (C=O) groups excluding carboxylic acids is 2. The molecular weight excluding hydrogens is 430 g/mol. The topological polar surface area (TPSA) is 57.5 Å². The molecule has 2 aromatic rings. The number of halogens is 1. The van der Waals surface area contributed by atoms with Crippen molar-refractivity contribution in [2.45, 2.75) is 70.9 Å². The number of hydrogen-bond donors (Lipinski definition) is 0. The third-order valence-electron chi connectivity index (χ3n) is 4.84.